The van der Waals surface area contributed by atoms with E-state index in [2.05, 4.69) is 27.0 Å². The average molecular weight is 466 g/mol. The SMILES string of the molecule is CCCN1CCC(CNC(=NC)N2CCCC(C(=O)OCC)C2)C1.I. The second-order valence-electron chi connectivity index (χ2n) is 6.92. The number of ether oxygens (including phenoxy) is 1. The fourth-order valence-corrected chi connectivity index (χ4v) is 3.79. The molecule has 0 aromatic heterocycles. The molecule has 2 aliphatic rings. The lowest BCUT2D eigenvalue weighted by atomic mass is 9.98. The number of hydrogen-bond acceptors (Lipinski definition) is 4. The summed E-state index contributed by atoms with van der Waals surface area (Å²) in [5, 5.41) is 3.53. The Morgan fingerprint density at radius 1 is 1.24 bits per heavy atom. The number of hydrogen-bond donors (Lipinski definition) is 1. The van der Waals surface area contributed by atoms with Crippen LogP contribution in [0.15, 0.2) is 4.99 Å². The molecule has 2 atom stereocenters. The van der Waals surface area contributed by atoms with Crippen LogP contribution in [0.25, 0.3) is 0 Å². The minimum Gasteiger partial charge on any atom is -0.466 e. The zero-order valence-corrected chi connectivity index (χ0v) is 18.3. The van der Waals surface area contributed by atoms with Crippen molar-refractivity contribution in [1.29, 1.82) is 0 Å². The van der Waals surface area contributed by atoms with Gasteiger partial charge in [0.1, 0.15) is 0 Å². The Morgan fingerprint density at radius 3 is 2.72 bits per heavy atom. The van der Waals surface area contributed by atoms with Crippen LogP contribution >= 0.6 is 24.0 Å². The molecule has 2 unspecified atom stereocenters. The van der Waals surface area contributed by atoms with Gasteiger partial charge in [-0.25, -0.2) is 0 Å². The maximum absolute atomic E-state index is 12.0. The van der Waals surface area contributed by atoms with Crippen molar-refractivity contribution in [3.05, 3.63) is 0 Å². The van der Waals surface area contributed by atoms with Gasteiger partial charge in [0.2, 0.25) is 0 Å². The van der Waals surface area contributed by atoms with Gasteiger partial charge in [-0.2, -0.15) is 0 Å². The summed E-state index contributed by atoms with van der Waals surface area (Å²) in [5.74, 6) is 1.53. The lowest BCUT2D eigenvalue weighted by Gasteiger charge is -2.34. The molecule has 0 amide bonds. The Balaban J connectivity index is 0.00000312. The molecule has 7 heteroatoms. The number of halogens is 1. The number of guanidine groups is 1. The molecule has 6 nitrogen and oxygen atoms in total. The monoisotopic (exact) mass is 466 g/mol. The van der Waals surface area contributed by atoms with Crippen molar-refractivity contribution in [1.82, 2.24) is 15.1 Å². The number of carbonyl (C=O) groups is 1. The van der Waals surface area contributed by atoms with E-state index >= 15 is 0 Å². The van der Waals surface area contributed by atoms with Gasteiger partial charge >= 0.3 is 5.97 Å². The zero-order valence-electron chi connectivity index (χ0n) is 16.0. The molecule has 0 radical (unpaired) electrons. The Bertz CT molecular complexity index is 433. The maximum Gasteiger partial charge on any atom is 0.310 e. The molecule has 2 heterocycles. The Labute approximate surface area is 169 Å². The highest BCUT2D eigenvalue weighted by molar-refractivity contribution is 14.0. The van der Waals surface area contributed by atoms with Crippen molar-refractivity contribution < 1.29 is 9.53 Å². The van der Waals surface area contributed by atoms with E-state index in [-0.39, 0.29) is 35.9 Å². The minimum absolute atomic E-state index is 0. The number of carbonyl (C=O) groups excluding carboxylic acids is 1. The molecule has 0 aromatic carbocycles. The van der Waals surface area contributed by atoms with E-state index < -0.39 is 0 Å². The summed E-state index contributed by atoms with van der Waals surface area (Å²) >= 11 is 0. The number of nitrogens with one attached hydrogen (secondary N) is 1. The van der Waals surface area contributed by atoms with Gasteiger partial charge in [-0.05, 0) is 51.6 Å². The quantitative estimate of drug-likeness (QED) is 0.282. The van der Waals surface area contributed by atoms with Crippen LogP contribution in [0.3, 0.4) is 0 Å². The molecular weight excluding hydrogens is 431 g/mol. The van der Waals surface area contributed by atoms with Crippen molar-refractivity contribution >= 4 is 35.9 Å². The molecule has 2 saturated heterocycles. The van der Waals surface area contributed by atoms with Gasteiger partial charge in [-0.15, -0.1) is 24.0 Å². The highest BCUT2D eigenvalue weighted by Crippen LogP contribution is 2.19. The van der Waals surface area contributed by atoms with E-state index in [0.29, 0.717) is 19.1 Å². The predicted molar refractivity (Wildman–Crippen MR) is 113 cm³/mol. The largest absolute Gasteiger partial charge is 0.466 e. The van der Waals surface area contributed by atoms with Crippen molar-refractivity contribution in [2.45, 2.75) is 39.5 Å². The number of aliphatic imine (C=N–C) groups is 1. The first-order valence-electron chi connectivity index (χ1n) is 9.52. The van der Waals surface area contributed by atoms with Gasteiger partial charge in [0.25, 0.3) is 0 Å². The summed E-state index contributed by atoms with van der Waals surface area (Å²) in [5.41, 5.74) is 0. The summed E-state index contributed by atoms with van der Waals surface area (Å²) in [7, 11) is 1.83. The second-order valence-corrected chi connectivity index (χ2v) is 6.92. The van der Waals surface area contributed by atoms with Crippen LogP contribution in [0.2, 0.25) is 0 Å². The van der Waals surface area contributed by atoms with Crippen molar-refractivity contribution in [3.63, 3.8) is 0 Å². The van der Waals surface area contributed by atoms with E-state index in [9.17, 15) is 4.79 Å². The van der Waals surface area contributed by atoms with E-state index in [4.69, 9.17) is 4.74 Å². The first-order chi connectivity index (χ1) is 11.7. The normalized spacial score (nSPS) is 24.8. The minimum atomic E-state index is -0.0661. The molecule has 0 saturated carbocycles. The van der Waals surface area contributed by atoms with Crippen molar-refractivity contribution in [3.8, 4) is 0 Å². The molecule has 0 aromatic rings. The molecule has 1 N–H and O–H groups in total. The van der Waals surface area contributed by atoms with Gasteiger partial charge < -0.3 is 19.9 Å². The van der Waals surface area contributed by atoms with Gasteiger partial charge in [-0.1, -0.05) is 6.92 Å². The highest BCUT2D eigenvalue weighted by Gasteiger charge is 2.29. The number of rotatable bonds is 6. The summed E-state index contributed by atoms with van der Waals surface area (Å²) in [4.78, 5) is 21.2. The first kappa shape index (κ1) is 22.5. The van der Waals surface area contributed by atoms with E-state index in [0.717, 1.165) is 31.9 Å². The zero-order chi connectivity index (χ0) is 17.4. The third-order valence-electron chi connectivity index (χ3n) is 5.01. The Hall–Kier alpha value is -0.570. The number of esters is 1. The van der Waals surface area contributed by atoms with Gasteiger partial charge in [0.05, 0.1) is 12.5 Å². The van der Waals surface area contributed by atoms with E-state index in [1.54, 1.807) is 0 Å². The Morgan fingerprint density at radius 2 is 2.04 bits per heavy atom. The average Bonchev–Trinajstić information content (AvgIpc) is 3.04. The van der Waals surface area contributed by atoms with Crippen LogP contribution in [-0.2, 0) is 9.53 Å². The summed E-state index contributed by atoms with van der Waals surface area (Å²) < 4.78 is 5.19. The number of nitrogens with zero attached hydrogens (tertiary/aromatic N) is 3. The molecule has 2 aliphatic heterocycles. The van der Waals surface area contributed by atoms with Crippen molar-refractivity contribution in [2.24, 2.45) is 16.8 Å². The second kappa shape index (κ2) is 11.9. The molecule has 2 rings (SSSR count). The highest BCUT2D eigenvalue weighted by atomic mass is 127. The first-order valence-corrected chi connectivity index (χ1v) is 9.52. The fraction of sp³-hybridized carbons (Fsp3) is 0.889. The topological polar surface area (TPSA) is 57.2 Å². The lowest BCUT2D eigenvalue weighted by molar-refractivity contribution is -0.149. The van der Waals surface area contributed by atoms with Crippen LogP contribution in [0.1, 0.15) is 39.5 Å². The molecule has 146 valence electrons. The molecular formula is C18H35IN4O2. The molecule has 0 aliphatic carbocycles. The van der Waals surface area contributed by atoms with E-state index in [1.807, 2.05) is 14.0 Å². The summed E-state index contributed by atoms with van der Waals surface area (Å²) in [6.07, 6.45) is 4.42. The molecule has 25 heavy (non-hydrogen) atoms. The summed E-state index contributed by atoms with van der Waals surface area (Å²) in [6.45, 7) is 10.8. The maximum atomic E-state index is 12.0. The molecule has 0 spiro atoms. The number of piperidine rings is 1. The van der Waals surface area contributed by atoms with Crippen molar-refractivity contribution in [2.75, 3.05) is 52.9 Å². The fourth-order valence-electron chi connectivity index (χ4n) is 3.79. The van der Waals surface area contributed by atoms with Gasteiger partial charge in [-0.3, -0.25) is 9.79 Å². The Kier molecular flexibility index (Phi) is 10.7. The molecule has 0 bridgehead atoms. The number of likely N-dealkylation sites (tertiary alicyclic amines) is 2. The smallest absolute Gasteiger partial charge is 0.310 e. The van der Waals surface area contributed by atoms with Crippen LogP contribution in [0, 0.1) is 11.8 Å². The van der Waals surface area contributed by atoms with Crippen LogP contribution < -0.4 is 5.32 Å². The molecule has 2 fully saturated rings. The predicted octanol–water partition coefficient (Wildman–Crippen LogP) is 2.19. The van der Waals surface area contributed by atoms with Crippen LogP contribution in [0.5, 0.6) is 0 Å². The van der Waals surface area contributed by atoms with Gasteiger partial charge in [0, 0.05) is 33.2 Å². The lowest BCUT2D eigenvalue weighted by Crippen LogP contribution is -2.49. The standard InChI is InChI=1S/C18H34N4O2.HI/c1-4-9-21-11-8-15(13-21)12-20-18(19-3)22-10-6-7-16(14-22)17(23)24-5-2;/h15-16H,4-14H2,1-3H3,(H,19,20);1H. The van der Waals surface area contributed by atoms with E-state index in [1.165, 1.54) is 32.5 Å². The third kappa shape index (κ3) is 6.92. The van der Waals surface area contributed by atoms with Gasteiger partial charge in [0.15, 0.2) is 5.96 Å². The van der Waals surface area contributed by atoms with Crippen LogP contribution in [0.4, 0.5) is 0 Å². The third-order valence-corrected chi connectivity index (χ3v) is 5.01. The summed E-state index contributed by atoms with van der Waals surface area (Å²) in [6, 6.07) is 0. The van der Waals surface area contributed by atoms with Crippen LogP contribution in [-0.4, -0.2) is 74.7 Å².